The van der Waals surface area contributed by atoms with Crippen LogP contribution in [0.5, 0.6) is 0 Å². The average Bonchev–Trinajstić information content (AvgIpc) is 3.01. The van der Waals surface area contributed by atoms with E-state index in [0.29, 0.717) is 21.4 Å². The van der Waals surface area contributed by atoms with Crippen molar-refractivity contribution < 1.29 is 5.11 Å². The van der Waals surface area contributed by atoms with Crippen LogP contribution < -0.4 is 0 Å². The maximum atomic E-state index is 11.2. The van der Waals surface area contributed by atoms with Gasteiger partial charge in [-0.1, -0.05) is 23.2 Å². The average molecular weight is 336 g/mol. The molecule has 8 heteroatoms. The molecule has 3 heterocycles. The predicted octanol–water partition coefficient (Wildman–Crippen LogP) is 2.31. The van der Waals surface area contributed by atoms with E-state index in [9.17, 15) is 5.11 Å². The highest BCUT2D eigenvalue weighted by molar-refractivity contribution is 6.30. The lowest BCUT2D eigenvalue weighted by Gasteiger charge is -2.27. The molecular weight excluding hydrogens is 325 g/mol. The van der Waals surface area contributed by atoms with Gasteiger partial charge in [0.1, 0.15) is 12.7 Å². The van der Waals surface area contributed by atoms with Gasteiger partial charge >= 0.3 is 0 Å². The largest absolute Gasteiger partial charge is 0.375 e. The highest BCUT2D eigenvalue weighted by atomic mass is 35.5. The Balaban J connectivity index is 2.08. The summed E-state index contributed by atoms with van der Waals surface area (Å²) in [4.78, 5) is 12.3. The molecule has 3 rings (SSSR count). The van der Waals surface area contributed by atoms with Crippen molar-refractivity contribution >= 4 is 23.2 Å². The van der Waals surface area contributed by atoms with Gasteiger partial charge in [0.05, 0.1) is 28.0 Å². The lowest BCUT2D eigenvalue weighted by atomic mass is 9.94. The fourth-order valence-electron chi connectivity index (χ4n) is 2.08. The first-order valence-corrected chi connectivity index (χ1v) is 7.12. The Morgan fingerprint density at radius 3 is 2.00 bits per heavy atom. The molecule has 0 aliphatic heterocycles. The molecule has 0 radical (unpaired) electrons. The van der Waals surface area contributed by atoms with Crippen LogP contribution in [0.15, 0.2) is 49.3 Å². The van der Waals surface area contributed by atoms with Crippen molar-refractivity contribution in [3.05, 3.63) is 70.7 Å². The van der Waals surface area contributed by atoms with Crippen molar-refractivity contribution in [1.29, 1.82) is 0 Å². The fraction of sp³-hybridized carbons (Fsp3) is 0.143. The first-order valence-electron chi connectivity index (χ1n) is 6.37. The normalized spacial score (nSPS) is 11.6. The fourth-order valence-corrected chi connectivity index (χ4v) is 2.31. The van der Waals surface area contributed by atoms with Gasteiger partial charge in [-0.25, -0.2) is 9.67 Å². The summed E-state index contributed by atoms with van der Waals surface area (Å²) >= 11 is 11.7. The molecule has 0 saturated carbocycles. The van der Waals surface area contributed by atoms with Gasteiger partial charge in [-0.2, -0.15) is 5.10 Å². The third-order valence-electron chi connectivity index (χ3n) is 3.16. The van der Waals surface area contributed by atoms with Gasteiger partial charge in [-0.3, -0.25) is 9.97 Å². The summed E-state index contributed by atoms with van der Waals surface area (Å²) < 4.78 is 1.51. The van der Waals surface area contributed by atoms with Gasteiger partial charge in [-0.15, -0.1) is 0 Å². The van der Waals surface area contributed by atoms with Crippen molar-refractivity contribution in [2.75, 3.05) is 0 Å². The first kappa shape index (κ1) is 14.9. The van der Waals surface area contributed by atoms with Crippen LogP contribution in [0.1, 0.15) is 11.4 Å². The number of hydrogen-bond donors (Lipinski definition) is 1. The van der Waals surface area contributed by atoms with Crippen LogP contribution in [-0.2, 0) is 12.1 Å². The Hall–Kier alpha value is -2.02. The van der Waals surface area contributed by atoms with Gasteiger partial charge < -0.3 is 5.11 Å². The number of pyridine rings is 2. The minimum atomic E-state index is -1.48. The number of hydrogen-bond acceptors (Lipinski definition) is 5. The van der Waals surface area contributed by atoms with Crippen LogP contribution in [0.25, 0.3) is 0 Å². The quantitative estimate of drug-likeness (QED) is 0.791. The van der Waals surface area contributed by atoms with E-state index in [2.05, 4.69) is 20.1 Å². The lowest BCUT2D eigenvalue weighted by molar-refractivity contribution is 0.0485. The van der Waals surface area contributed by atoms with Crippen LogP contribution in [0.3, 0.4) is 0 Å². The Morgan fingerprint density at radius 1 is 1.00 bits per heavy atom. The minimum Gasteiger partial charge on any atom is -0.375 e. The van der Waals surface area contributed by atoms with E-state index in [0.717, 1.165) is 0 Å². The smallest absolute Gasteiger partial charge is 0.168 e. The molecule has 0 amide bonds. The Bertz CT molecular complexity index is 698. The number of nitrogens with zero attached hydrogens (tertiary/aromatic N) is 5. The van der Waals surface area contributed by atoms with E-state index in [-0.39, 0.29) is 6.54 Å². The highest BCUT2D eigenvalue weighted by Crippen LogP contribution is 2.29. The maximum absolute atomic E-state index is 11.2. The molecule has 3 aromatic rings. The number of aromatic nitrogens is 5. The van der Waals surface area contributed by atoms with Crippen molar-refractivity contribution in [1.82, 2.24) is 24.7 Å². The molecule has 0 spiro atoms. The topological polar surface area (TPSA) is 76.7 Å². The van der Waals surface area contributed by atoms with Crippen molar-refractivity contribution in [3.8, 4) is 0 Å². The second kappa shape index (κ2) is 6.00. The molecule has 3 aromatic heterocycles. The number of aliphatic hydroxyl groups is 1. The second-order valence-corrected chi connectivity index (χ2v) is 5.55. The molecule has 6 nitrogen and oxygen atoms in total. The predicted molar refractivity (Wildman–Crippen MR) is 81.5 cm³/mol. The monoisotopic (exact) mass is 335 g/mol. The zero-order valence-electron chi connectivity index (χ0n) is 11.3. The summed E-state index contributed by atoms with van der Waals surface area (Å²) in [5.74, 6) is 0. The van der Waals surface area contributed by atoms with Crippen molar-refractivity contribution in [2.24, 2.45) is 0 Å². The van der Waals surface area contributed by atoms with Crippen LogP contribution in [-0.4, -0.2) is 29.8 Å². The van der Waals surface area contributed by atoms with E-state index in [4.69, 9.17) is 23.2 Å². The van der Waals surface area contributed by atoms with Crippen molar-refractivity contribution in [3.63, 3.8) is 0 Å². The molecule has 0 saturated heterocycles. The molecule has 112 valence electrons. The van der Waals surface area contributed by atoms with Gasteiger partial charge in [0.2, 0.25) is 0 Å². The molecule has 1 N–H and O–H groups in total. The summed E-state index contributed by atoms with van der Waals surface area (Å²) in [6.45, 7) is 0.107. The van der Waals surface area contributed by atoms with Gasteiger partial charge in [0, 0.05) is 12.4 Å². The van der Waals surface area contributed by atoms with E-state index in [1.807, 2.05) is 0 Å². The summed E-state index contributed by atoms with van der Waals surface area (Å²) in [5.41, 5.74) is -0.674. The zero-order chi connectivity index (χ0) is 15.6. The minimum absolute atomic E-state index is 0.107. The molecule has 0 aromatic carbocycles. The van der Waals surface area contributed by atoms with E-state index in [1.165, 1.54) is 29.7 Å². The second-order valence-electron chi connectivity index (χ2n) is 4.68. The Morgan fingerprint density at radius 2 is 1.59 bits per heavy atom. The lowest BCUT2D eigenvalue weighted by Crippen LogP contribution is -2.35. The molecule has 0 bridgehead atoms. The van der Waals surface area contributed by atoms with E-state index < -0.39 is 5.60 Å². The summed E-state index contributed by atoms with van der Waals surface area (Å²) in [6.07, 6.45) is 5.85. The van der Waals surface area contributed by atoms with E-state index in [1.54, 1.807) is 24.3 Å². The zero-order valence-corrected chi connectivity index (χ0v) is 12.8. The third kappa shape index (κ3) is 2.94. The molecule has 0 aliphatic carbocycles. The van der Waals surface area contributed by atoms with Crippen LogP contribution >= 0.6 is 23.2 Å². The molecular formula is C14H11Cl2N5O. The van der Waals surface area contributed by atoms with Crippen molar-refractivity contribution in [2.45, 2.75) is 12.1 Å². The number of rotatable bonds is 4. The van der Waals surface area contributed by atoms with Gasteiger partial charge in [0.15, 0.2) is 5.60 Å². The SMILES string of the molecule is OC(Cn1cncn1)(c1ccc(Cl)cn1)c1ccc(Cl)cn1. The van der Waals surface area contributed by atoms with Crippen LogP contribution in [0.2, 0.25) is 10.0 Å². The molecule has 0 atom stereocenters. The summed E-state index contributed by atoms with van der Waals surface area (Å²) in [7, 11) is 0. The molecule has 22 heavy (non-hydrogen) atoms. The summed E-state index contributed by atoms with van der Waals surface area (Å²) in [5, 5.41) is 16.2. The number of halogens is 2. The molecule has 0 unspecified atom stereocenters. The van der Waals surface area contributed by atoms with Crippen LogP contribution in [0, 0.1) is 0 Å². The Kier molecular flexibility index (Phi) is 4.06. The standard InChI is InChI=1S/C14H11Cl2N5O/c15-10-1-3-12(18-5-10)14(22,7-21-9-17-8-20-21)13-4-2-11(16)6-19-13/h1-6,8-9,22H,7H2. The third-order valence-corrected chi connectivity index (χ3v) is 3.61. The van der Waals surface area contributed by atoms with Gasteiger partial charge in [-0.05, 0) is 24.3 Å². The summed E-state index contributed by atoms with van der Waals surface area (Å²) in [6, 6.07) is 6.61. The molecule has 0 aliphatic rings. The van der Waals surface area contributed by atoms with Crippen LogP contribution in [0.4, 0.5) is 0 Å². The Labute approximate surface area is 136 Å². The van der Waals surface area contributed by atoms with E-state index >= 15 is 0 Å². The first-order chi connectivity index (χ1) is 10.6. The van der Waals surface area contributed by atoms with Gasteiger partial charge in [0.25, 0.3) is 0 Å². The molecule has 0 fully saturated rings. The maximum Gasteiger partial charge on any atom is 0.168 e. The highest BCUT2D eigenvalue weighted by Gasteiger charge is 2.35.